The zero-order valence-corrected chi connectivity index (χ0v) is 22.2. The summed E-state index contributed by atoms with van der Waals surface area (Å²) in [4.78, 5) is 39.9. The summed E-state index contributed by atoms with van der Waals surface area (Å²) in [5.41, 5.74) is 5.65. The van der Waals surface area contributed by atoms with Crippen LogP contribution in [0.2, 0.25) is 0 Å². The largest absolute Gasteiger partial charge is 0.481 e. The molecule has 2 saturated heterocycles. The van der Waals surface area contributed by atoms with Gasteiger partial charge in [0, 0.05) is 31.6 Å². The Balaban J connectivity index is 1.04. The molecule has 40 heavy (non-hydrogen) atoms. The van der Waals surface area contributed by atoms with E-state index in [0.29, 0.717) is 11.8 Å². The molecule has 2 bridgehead atoms. The molecule has 2 aliphatic heterocycles. The van der Waals surface area contributed by atoms with E-state index in [4.69, 9.17) is 4.74 Å². The maximum absolute atomic E-state index is 13.2. The molecule has 206 valence electrons. The zero-order chi connectivity index (χ0) is 27.6. The lowest BCUT2D eigenvalue weighted by Gasteiger charge is -2.54. The second-order valence-corrected chi connectivity index (χ2v) is 11.1. The summed E-state index contributed by atoms with van der Waals surface area (Å²) >= 11 is 0. The van der Waals surface area contributed by atoms with Crippen LogP contribution in [0.4, 0.5) is 4.79 Å². The standard InChI is InChI=1S/C32H33N3O5/c36-29(37)15-28(31(38)34-30-21-14-22(30)18-35(17-21)16-20-8-2-1-3-9-20)33-32(39)40-19-27-25-12-6-4-10-23(25)24-11-5-7-13-26(24)27/h1-13,21-22,27-28,30H,14-19H2,(H,33,39)(H,34,38)(H,36,37). The quantitative estimate of drug-likeness (QED) is 0.379. The molecule has 0 spiro atoms. The van der Waals surface area contributed by atoms with Crippen LogP contribution in [0.3, 0.4) is 0 Å². The number of fused-ring (bicyclic) bond motifs is 5. The second-order valence-electron chi connectivity index (χ2n) is 11.1. The Labute approximate surface area is 233 Å². The Hall–Kier alpha value is -4.17. The predicted molar refractivity (Wildman–Crippen MR) is 149 cm³/mol. The van der Waals surface area contributed by atoms with Crippen molar-refractivity contribution in [2.45, 2.75) is 37.4 Å². The van der Waals surface area contributed by atoms with Crippen LogP contribution in [0.25, 0.3) is 11.1 Å². The van der Waals surface area contributed by atoms with Crippen LogP contribution in [0.5, 0.6) is 0 Å². The number of piperidine rings is 2. The van der Waals surface area contributed by atoms with Gasteiger partial charge in [0.05, 0.1) is 6.42 Å². The van der Waals surface area contributed by atoms with Crippen molar-refractivity contribution in [2.75, 3.05) is 19.7 Å². The third-order valence-corrected chi connectivity index (χ3v) is 8.50. The smallest absolute Gasteiger partial charge is 0.407 e. The van der Waals surface area contributed by atoms with Crippen LogP contribution in [-0.2, 0) is 20.9 Å². The van der Waals surface area contributed by atoms with Gasteiger partial charge >= 0.3 is 12.1 Å². The highest BCUT2D eigenvalue weighted by Crippen LogP contribution is 2.44. The summed E-state index contributed by atoms with van der Waals surface area (Å²) < 4.78 is 5.56. The molecule has 2 aliphatic carbocycles. The molecule has 2 amide bonds. The summed E-state index contributed by atoms with van der Waals surface area (Å²) in [6.45, 7) is 2.71. The molecule has 4 aliphatic rings. The lowest BCUT2D eigenvalue weighted by atomic mass is 9.66. The van der Waals surface area contributed by atoms with Crippen LogP contribution in [0.15, 0.2) is 78.9 Å². The number of ether oxygens (including phenoxy) is 1. The predicted octanol–water partition coefficient (Wildman–Crippen LogP) is 4.01. The average molecular weight is 540 g/mol. The number of carbonyl (C=O) groups excluding carboxylic acids is 2. The molecule has 3 aromatic carbocycles. The minimum atomic E-state index is -1.21. The molecule has 0 radical (unpaired) electrons. The normalized spacial score (nSPS) is 21.9. The van der Waals surface area contributed by atoms with E-state index < -0.39 is 30.4 Å². The van der Waals surface area contributed by atoms with Crippen LogP contribution in [-0.4, -0.2) is 59.8 Å². The lowest BCUT2D eigenvalue weighted by molar-refractivity contribution is -0.140. The van der Waals surface area contributed by atoms with Crippen molar-refractivity contribution in [3.05, 3.63) is 95.6 Å². The number of benzene rings is 3. The lowest BCUT2D eigenvalue weighted by Crippen LogP contribution is -2.65. The molecular weight excluding hydrogens is 506 g/mol. The third-order valence-electron chi connectivity index (χ3n) is 8.50. The molecule has 1 saturated carbocycles. The number of carboxylic acids is 1. The first-order chi connectivity index (χ1) is 19.5. The van der Waals surface area contributed by atoms with E-state index in [2.05, 4.69) is 39.8 Å². The highest BCUT2D eigenvalue weighted by molar-refractivity contribution is 5.89. The van der Waals surface area contributed by atoms with Crippen LogP contribution in [0.1, 0.15) is 35.4 Å². The summed E-state index contributed by atoms with van der Waals surface area (Å²) in [5.74, 6) is -1.15. The third kappa shape index (κ3) is 5.31. The summed E-state index contributed by atoms with van der Waals surface area (Å²) in [6, 6.07) is 25.1. The first-order valence-corrected chi connectivity index (χ1v) is 13.9. The van der Waals surface area contributed by atoms with Crippen molar-refractivity contribution in [2.24, 2.45) is 11.8 Å². The van der Waals surface area contributed by atoms with Crippen molar-refractivity contribution in [1.29, 1.82) is 0 Å². The highest BCUT2D eigenvalue weighted by atomic mass is 16.5. The van der Waals surface area contributed by atoms with E-state index in [1.54, 1.807) is 0 Å². The van der Waals surface area contributed by atoms with Gasteiger partial charge in [-0.2, -0.15) is 0 Å². The molecular formula is C32H33N3O5. The van der Waals surface area contributed by atoms with Crippen molar-refractivity contribution < 1.29 is 24.2 Å². The fraction of sp³-hybridized carbons (Fsp3) is 0.344. The fourth-order valence-electron chi connectivity index (χ4n) is 6.62. The average Bonchev–Trinajstić information content (AvgIpc) is 3.28. The van der Waals surface area contributed by atoms with Gasteiger partial charge in [-0.05, 0) is 46.1 Å². The van der Waals surface area contributed by atoms with Crippen LogP contribution >= 0.6 is 0 Å². The number of carboxylic acid groups (broad SMARTS) is 1. The summed E-state index contributed by atoms with van der Waals surface area (Å²) in [5, 5.41) is 15.0. The molecule has 8 heteroatoms. The Morgan fingerprint density at radius 3 is 2.10 bits per heavy atom. The monoisotopic (exact) mass is 539 g/mol. The Morgan fingerprint density at radius 1 is 0.875 bits per heavy atom. The SMILES string of the molecule is O=C(O)CC(NC(=O)OCC1c2ccccc2-c2ccccc21)C(=O)NC1C2CC1CN(Cc1ccccc1)C2. The number of hydrogen-bond acceptors (Lipinski definition) is 5. The number of alkyl carbamates (subject to hydrolysis) is 1. The van der Waals surface area contributed by atoms with Gasteiger partial charge in [-0.15, -0.1) is 0 Å². The molecule has 3 unspecified atom stereocenters. The Bertz CT molecular complexity index is 1350. The van der Waals surface area contributed by atoms with Gasteiger partial charge in [0.25, 0.3) is 0 Å². The number of aliphatic carboxylic acids is 1. The maximum atomic E-state index is 13.2. The van der Waals surface area contributed by atoms with Gasteiger partial charge in [0.2, 0.25) is 5.91 Å². The number of amides is 2. The van der Waals surface area contributed by atoms with Gasteiger partial charge in [0.1, 0.15) is 12.6 Å². The van der Waals surface area contributed by atoms with Gasteiger partial charge in [-0.1, -0.05) is 78.9 Å². The van der Waals surface area contributed by atoms with E-state index in [9.17, 15) is 19.5 Å². The van der Waals surface area contributed by atoms with Crippen molar-refractivity contribution in [1.82, 2.24) is 15.5 Å². The Kier molecular flexibility index (Phi) is 7.26. The first-order valence-electron chi connectivity index (χ1n) is 13.9. The molecule has 8 nitrogen and oxygen atoms in total. The van der Waals surface area contributed by atoms with Gasteiger partial charge in [-0.3, -0.25) is 14.5 Å². The molecule has 3 aromatic rings. The number of carbonyl (C=O) groups is 3. The van der Waals surface area contributed by atoms with Gasteiger partial charge in [-0.25, -0.2) is 4.79 Å². The molecule has 3 atom stereocenters. The second kappa shape index (κ2) is 11.1. The molecule has 3 fully saturated rings. The number of nitrogens with zero attached hydrogens (tertiary/aromatic N) is 1. The first kappa shape index (κ1) is 26.1. The van der Waals surface area contributed by atoms with E-state index in [-0.39, 0.29) is 18.6 Å². The van der Waals surface area contributed by atoms with E-state index in [0.717, 1.165) is 48.3 Å². The van der Waals surface area contributed by atoms with Crippen LogP contribution in [0, 0.1) is 11.8 Å². The van der Waals surface area contributed by atoms with Gasteiger partial charge in [0.15, 0.2) is 0 Å². The minimum Gasteiger partial charge on any atom is -0.481 e. The fourth-order valence-corrected chi connectivity index (χ4v) is 6.62. The van der Waals surface area contributed by atoms with Crippen molar-refractivity contribution in [3.63, 3.8) is 0 Å². The summed E-state index contributed by atoms with van der Waals surface area (Å²) in [7, 11) is 0. The number of nitrogens with one attached hydrogen (secondary N) is 2. The minimum absolute atomic E-state index is 0.0138. The molecule has 0 aromatic heterocycles. The molecule has 3 N–H and O–H groups in total. The van der Waals surface area contributed by atoms with Crippen LogP contribution < -0.4 is 10.6 Å². The number of rotatable bonds is 9. The number of hydrogen-bond donors (Lipinski definition) is 3. The molecule has 7 rings (SSSR count). The van der Waals surface area contributed by atoms with Crippen molar-refractivity contribution >= 4 is 18.0 Å². The van der Waals surface area contributed by atoms with E-state index in [1.165, 1.54) is 5.56 Å². The Morgan fingerprint density at radius 2 is 1.48 bits per heavy atom. The maximum Gasteiger partial charge on any atom is 0.407 e. The highest BCUT2D eigenvalue weighted by Gasteiger charge is 2.47. The zero-order valence-electron chi connectivity index (χ0n) is 22.2. The molecule has 2 heterocycles. The van der Waals surface area contributed by atoms with E-state index in [1.807, 2.05) is 54.6 Å². The van der Waals surface area contributed by atoms with Crippen molar-refractivity contribution in [3.8, 4) is 11.1 Å². The topological polar surface area (TPSA) is 108 Å². The van der Waals surface area contributed by atoms with Gasteiger partial charge < -0.3 is 20.5 Å². The summed E-state index contributed by atoms with van der Waals surface area (Å²) in [6.07, 6.45) is -0.274. The van der Waals surface area contributed by atoms with E-state index >= 15 is 0 Å².